The fourth-order valence-corrected chi connectivity index (χ4v) is 6.42. The Morgan fingerprint density at radius 1 is 1.03 bits per heavy atom. The Morgan fingerprint density at radius 3 is 2.41 bits per heavy atom. The van der Waals surface area contributed by atoms with E-state index in [2.05, 4.69) is 4.98 Å². The van der Waals surface area contributed by atoms with Crippen LogP contribution in [0.2, 0.25) is 0 Å². The highest BCUT2D eigenvalue weighted by Gasteiger charge is 2.37. The van der Waals surface area contributed by atoms with E-state index in [1.807, 2.05) is 44.7 Å². The van der Waals surface area contributed by atoms with Crippen LogP contribution in [0.3, 0.4) is 0 Å². The molecule has 1 atom stereocenters. The summed E-state index contributed by atoms with van der Waals surface area (Å²) in [7, 11) is -3.73. The van der Waals surface area contributed by atoms with Gasteiger partial charge in [0, 0.05) is 56.3 Å². The Bertz CT molecular complexity index is 1200. The highest BCUT2D eigenvalue weighted by molar-refractivity contribution is 7.89. The number of likely N-dealkylation sites (tertiary alicyclic amines) is 1. The summed E-state index contributed by atoms with van der Waals surface area (Å²) in [6.07, 6.45) is 3.24. The Kier molecular flexibility index (Phi) is 6.70. The zero-order valence-corrected chi connectivity index (χ0v) is 21.3. The van der Waals surface area contributed by atoms with Gasteiger partial charge >= 0.3 is 0 Å². The lowest BCUT2D eigenvalue weighted by molar-refractivity contribution is -0.145. The van der Waals surface area contributed by atoms with Crippen molar-refractivity contribution in [2.45, 2.75) is 45.4 Å². The maximum absolute atomic E-state index is 13.4. The Labute approximate surface area is 202 Å². The molecule has 2 aliphatic rings. The molecule has 0 radical (unpaired) electrons. The predicted molar refractivity (Wildman–Crippen MR) is 131 cm³/mol. The van der Waals surface area contributed by atoms with E-state index in [4.69, 9.17) is 0 Å². The normalized spacial score (nSPS) is 20.5. The lowest BCUT2D eigenvalue weighted by Crippen LogP contribution is -2.54. The lowest BCUT2D eigenvalue weighted by Gasteiger charge is -2.40. The largest absolute Gasteiger partial charge is 0.341 e. The standard InChI is InChI=1S/C25H34N4O4S/c1-18-15-19-7-5-9-21(22(19)26-16-18)34(32,33)29-13-11-27(12-14-29)23(30)20-8-6-10-28(17-20)24(31)25(2,3)4/h5,7,9,15-16,20H,6,8,10-14,17H2,1-4H3. The number of piperidine rings is 1. The molecular formula is C25H34N4O4S. The number of sulfonamides is 1. The van der Waals surface area contributed by atoms with Gasteiger partial charge in [0.2, 0.25) is 21.8 Å². The van der Waals surface area contributed by atoms with E-state index < -0.39 is 15.4 Å². The second-order valence-corrected chi connectivity index (χ2v) is 12.3. The van der Waals surface area contributed by atoms with Crippen molar-refractivity contribution in [1.29, 1.82) is 0 Å². The molecule has 2 aliphatic heterocycles. The molecule has 2 aromatic rings. The molecule has 2 saturated heterocycles. The van der Waals surface area contributed by atoms with Gasteiger partial charge in [0.15, 0.2) is 0 Å². The first-order valence-electron chi connectivity index (χ1n) is 11.9. The van der Waals surface area contributed by atoms with Crippen molar-refractivity contribution in [2.75, 3.05) is 39.3 Å². The highest BCUT2D eigenvalue weighted by Crippen LogP contribution is 2.27. The summed E-state index contributed by atoms with van der Waals surface area (Å²) in [4.78, 5) is 34.0. The molecule has 2 fully saturated rings. The van der Waals surface area contributed by atoms with Crippen molar-refractivity contribution in [3.05, 3.63) is 36.0 Å². The number of benzene rings is 1. The van der Waals surface area contributed by atoms with Gasteiger partial charge in [0.25, 0.3) is 0 Å². The minimum absolute atomic E-state index is 0.0192. The fourth-order valence-electron chi connectivity index (χ4n) is 4.83. The molecule has 1 unspecified atom stereocenters. The Morgan fingerprint density at radius 2 is 1.74 bits per heavy atom. The molecule has 0 N–H and O–H groups in total. The van der Waals surface area contributed by atoms with E-state index in [1.54, 1.807) is 23.2 Å². The van der Waals surface area contributed by atoms with Crippen LogP contribution in [0.1, 0.15) is 39.2 Å². The van der Waals surface area contributed by atoms with Gasteiger partial charge in [-0.1, -0.05) is 32.9 Å². The topological polar surface area (TPSA) is 90.9 Å². The predicted octanol–water partition coefficient (Wildman–Crippen LogP) is 2.66. The summed E-state index contributed by atoms with van der Waals surface area (Å²) in [6.45, 7) is 9.92. The molecule has 0 aliphatic carbocycles. The van der Waals surface area contributed by atoms with Gasteiger partial charge in [-0.3, -0.25) is 14.6 Å². The average Bonchev–Trinajstić information content (AvgIpc) is 2.82. The zero-order chi connectivity index (χ0) is 24.7. The summed E-state index contributed by atoms with van der Waals surface area (Å²) in [5, 5.41) is 0.793. The van der Waals surface area contributed by atoms with Crippen LogP contribution in [0.15, 0.2) is 35.4 Å². The third kappa shape index (κ3) is 4.81. The van der Waals surface area contributed by atoms with Crippen LogP contribution in [0.25, 0.3) is 10.9 Å². The van der Waals surface area contributed by atoms with Crippen LogP contribution < -0.4 is 0 Å². The minimum atomic E-state index is -3.73. The van der Waals surface area contributed by atoms with Crippen molar-refractivity contribution in [3.63, 3.8) is 0 Å². The second-order valence-electron chi connectivity index (χ2n) is 10.4. The number of para-hydroxylation sites is 1. The van der Waals surface area contributed by atoms with E-state index in [0.29, 0.717) is 31.7 Å². The number of carbonyl (C=O) groups excluding carboxylic acids is 2. The first kappa shape index (κ1) is 24.6. The number of amides is 2. The number of nitrogens with zero attached hydrogens (tertiary/aromatic N) is 4. The summed E-state index contributed by atoms with van der Waals surface area (Å²) in [5.41, 5.74) is 0.970. The number of aromatic nitrogens is 1. The summed E-state index contributed by atoms with van der Waals surface area (Å²) in [5.74, 6) is -0.140. The van der Waals surface area contributed by atoms with Gasteiger partial charge in [-0.2, -0.15) is 4.31 Å². The Balaban J connectivity index is 1.43. The van der Waals surface area contributed by atoms with Crippen LogP contribution in [0.5, 0.6) is 0 Å². The van der Waals surface area contributed by atoms with Crippen LogP contribution in [0, 0.1) is 18.3 Å². The first-order valence-corrected chi connectivity index (χ1v) is 13.4. The number of hydrogen-bond donors (Lipinski definition) is 0. The van der Waals surface area contributed by atoms with E-state index in [-0.39, 0.29) is 35.7 Å². The van der Waals surface area contributed by atoms with Crippen LogP contribution in [-0.4, -0.2) is 78.6 Å². The van der Waals surface area contributed by atoms with Crippen molar-refractivity contribution in [1.82, 2.24) is 19.1 Å². The van der Waals surface area contributed by atoms with Gasteiger partial charge in [-0.05, 0) is 37.5 Å². The second kappa shape index (κ2) is 9.26. The smallest absolute Gasteiger partial charge is 0.245 e. The number of rotatable bonds is 3. The SMILES string of the molecule is Cc1cnc2c(S(=O)(=O)N3CCN(C(=O)C4CCCN(C(=O)C(C)(C)C)C4)CC3)cccc2c1. The molecule has 3 heterocycles. The molecule has 0 bridgehead atoms. The third-order valence-corrected chi connectivity index (χ3v) is 8.61. The van der Waals surface area contributed by atoms with Gasteiger partial charge in [0.1, 0.15) is 4.90 Å². The van der Waals surface area contributed by atoms with Crippen molar-refractivity contribution in [2.24, 2.45) is 11.3 Å². The minimum Gasteiger partial charge on any atom is -0.341 e. The quantitative estimate of drug-likeness (QED) is 0.665. The lowest BCUT2D eigenvalue weighted by atomic mass is 9.90. The highest BCUT2D eigenvalue weighted by atomic mass is 32.2. The van der Waals surface area contributed by atoms with Crippen molar-refractivity contribution < 1.29 is 18.0 Å². The van der Waals surface area contributed by atoms with Crippen LogP contribution in [0.4, 0.5) is 0 Å². The van der Waals surface area contributed by atoms with Crippen molar-refractivity contribution >= 4 is 32.7 Å². The molecular weight excluding hydrogens is 452 g/mol. The summed E-state index contributed by atoms with van der Waals surface area (Å²) in [6, 6.07) is 7.13. The van der Waals surface area contributed by atoms with Gasteiger partial charge in [0.05, 0.1) is 11.4 Å². The molecule has 4 rings (SSSR count). The number of piperazine rings is 1. The van der Waals surface area contributed by atoms with E-state index in [9.17, 15) is 18.0 Å². The average molecular weight is 487 g/mol. The number of hydrogen-bond acceptors (Lipinski definition) is 5. The molecule has 9 heteroatoms. The van der Waals surface area contributed by atoms with E-state index in [0.717, 1.165) is 23.8 Å². The number of pyridine rings is 1. The first-order chi connectivity index (χ1) is 16.0. The number of aryl methyl sites for hydroxylation is 1. The van der Waals surface area contributed by atoms with E-state index in [1.165, 1.54) is 4.31 Å². The summed E-state index contributed by atoms with van der Waals surface area (Å²) < 4.78 is 28.3. The zero-order valence-electron chi connectivity index (χ0n) is 20.5. The van der Waals surface area contributed by atoms with Gasteiger partial charge in [-0.15, -0.1) is 0 Å². The van der Waals surface area contributed by atoms with Gasteiger partial charge in [-0.25, -0.2) is 8.42 Å². The monoisotopic (exact) mass is 486 g/mol. The molecule has 8 nitrogen and oxygen atoms in total. The molecule has 184 valence electrons. The molecule has 1 aromatic carbocycles. The number of fused-ring (bicyclic) bond motifs is 1. The molecule has 2 amide bonds. The third-order valence-electron chi connectivity index (χ3n) is 6.68. The maximum Gasteiger partial charge on any atom is 0.245 e. The van der Waals surface area contributed by atoms with Crippen LogP contribution in [-0.2, 0) is 19.6 Å². The maximum atomic E-state index is 13.4. The molecule has 34 heavy (non-hydrogen) atoms. The van der Waals surface area contributed by atoms with Crippen molar-refractivity contribution in [3.8, 4) is 0 Å². The molecule has 1 aromatic heterocycles. The Hall–Kier alpha value is -2.52. The van der Waals surface area contributed by atoms with Crippen LogP contribution >= 0.6 is 0 Å². The molecule has 0 saturated carbocycles. The van der Waals surface area contributed by atoms with Gasteiger partial charge < -0.3 is 9.80 Å². The summed E-state index contributed by atoms with van der Waals surface area (Å²) >= 11 is 0. The number of carbonyl (C=O) groups is 2. The molecule has 0 spiro atoms. The van der Waals surface area contributed by atoms with E-state index >= 15 is 0 Å². The fraction of sp³-hybridized carbons (Fsp3) is 0.560.